The summed E-state index contributed by atoms with van der Waals surface area (Å²) in [5.41, 5.74) is 6.08. The predicted octanol–water partition coefficient (Wildman–Crippen LogP) is 0.646. The fourth-order valence-electron chi connectivity index (χ4n) is 3.62. The Balaban J connectivity index is 1.50. The van der Waals surface area contributed by atoms with Crippen molar-refractivity contribution in [2.45, 2.75) is 18.9 Å². The maximum absolute atomic E-state index is 6.08. The molecule has 0 spiro atoms. The first-order valence-electron chi connectivity index (χ1n) is 8.21. The van der Waals surface area contributed by atoms with Gasteiger partial charge in [-0.3, -0.25) is 4.90 Å². The third-order valence-electron chi connectivity index (χ3n) is 4.83. The zero-order chi connectivity index (χ0) is 16.1. The fourth-order valence-corrected chi connectivity index (χ4v) is 3.62. The van der Waals surface area contributed by atoms with Crippen molar-refractivity contribution in [1.29, 1.82) is 0 Å². The van der Waals surface area contributed by atoms with Crippen LogP contribution in [0.15, 0.2) is 22.8 Å². The lowest BCUT2D eigenvalue weighted by atomic mass is 10.2. The molecule has 24 heavy (non-hydrogen) atoms. The number of rotatable bonds is 2. The van der Waals surface area contributed by atoms with Crippen LogP contribution in [-0.4, -0.2) is 61.7 Å². The summed E-state index contributed by atoms with van der Waals surface area (Å²) in [7, 11) is 0. The third-order valence-corrected chi connectivity index (χ3v) is 4.83. The molecule has 0 bridgehead atoms. The van der Waals surface area contributed by atoms with Crippen molar-refractivity contribution in [2.75, 3.05) is 36.8 Å². The summed E-state index contributed by atoms with van der Waals surface area (Å²) in [5.74, 6) is 2.40. The Morgan fingerprint density at radius 1 is 1.17 bits per heavy atom. The summed E-state index contributed by atoms with van der Waals surface area (Å²) >= 11 is 0. The number of furan rings is 1. The molecule has 0 unspecified atom stereocenters. The Kier molecular flexibility index (Phi) is 2.96. The van der Waals surface area contributed by atoms with Crippen LogP contribution in [0.25, 0.3) is 17.4 Å². The Bertz CT molecular complexity index is 873. The van der Waals surface area contributed by atoms with Crippen molar-refractivity contribution < 1.29 is 4.42 Å². The summed E-state index contributed by atoms with van der Waals surface area (Å²) in [5, 5.41) is 4.33. The lowest BCUT2D eigenvalue weighted by molar-refractivity contribution is 0.229. The normalized spacial score (nSPS) is 21.5. The lowest BCUT2D eigenvalue weighted by Crippen LogP contribution is -2.50. The molecule has 0 radical (unpaired) electrons. The van der Waals surface area contributed by atoms with Crippen LogP contribution < -0.4 is 10.6 Å². The summed E-state index contributed by atoms with van der Waals surface area (Å²) in [4.78, 5) is 18.2. The second-order valence-electron chi connectivity index (χ2n) is 6.28. The molecular weight excluding hydrogens is 308 g/mol. The highest BCUT2D eigenvalue weighted by atomic mass is 16.3. The number of nitrogens with two attached hydrogens (primary N) is 1. The molecule has 0 saturated carbocycles. The highest BCUT2D eigenvalue weighted by molar-refractivity contribution is 5.53. The minimum atomic E-state index is 0.286. The van der Waals surface area contributed by atoms with Crippen molar-refractivity contribution in [1.82, 2.24) is 29.5 Å². The monoisotopic (exact) mass is 326 g/mol. The van der Waals surface area contributed by atoms with E-state index in [2.05, 4.69) is 29.9 Å². The highest BCUT2D eigenvalue weighted by Crippen LogP contribution is 2.24. The van der Waals surface area contributed by atoms with E-state index in [-0.39, 0.29) is 5.95 Å². The van der Waals surface area contributed by atoms with Crippen LogP contribution in [0.2, 0.25) is 0 Å². The Labute approximate surface area is 138 Å². The first kappa shape index (κ1) is 13.7. The van der Waals surface area contributed by atoms with Gasteiger partial charge in [-0.05, 0) is 31.5 Å². The molecule has 2 N–H and O–H groups in total. The van der Waals surface area contributed by atoms with Crippen LogP contribution in [0.4, 0.5) is 11.9 Å². The summed E-state index contributed by atoms with van der Waals surface area (Å²) < 4.78 is 6.79. The van der Waals surface area contributed by atoms with E-state index in [0.29, 0.717) is 29.4 Å². The summed E-state index contributed by atoms with van der Waals surface area (Å²) in [6.07, 6.45) is 4.10. The van der Waals surface area contributed by atoms with Crippen molar-refractivity contribution in [3.05, 3.63) is 18.4 Å². The van der Waals surface area contributed by atoms with Gasteiger partial charge < -0.3 is 15.1 Å². The molecule has 3 aromatic rings. The Hall–Kier alpha value is -2.68. The fraction of sp³-hybridized carbons (Fsp3) is 0.467. The molecule has 9 nitrogen and oxygen atoms in total. The van der Waals surface area contributed by atoms with E-state index in [9.17, 15) is 0 Å². The van der Waals surface area contributed by atoms with E-state index in [4.69, 9.17) is 10.2 Å². The average molecular weight is 326 g/mol. The summed E-state index contributed by atoms with van der Waals surface area (Å²) in [6, 6.07) is 4.19. The number of nitrogen functional groups attached to an aromatic ring is 1. The van der Waals surface area contributed by atoms with Gasteiger partial charge in [-0.1, -0.05) is 0 Å². The molecule has 3 aromatic heterocycles. The van der Waals surface area contributed by atoms with E-state index in [1.807, 2.05) is 0 Å². The molecule has 5 rings (SSSR count). The van der Waals surface area contributed by atoms with Crippen LogP contribution in [0, 0.1) is 0 Å². The van der Waals surface area contributed by atoms with E-state index in [1.165, 1.54) is 23.9 Å². The number of fused-ring (bicyclic) bond motifs is 2. The molecule has 2 aliphatic heterocycles. The van der Waals surface area contributed by atoms with Crippen LogP contribution in [-0.2, 0) is 0 Å². The molecule has 2 aliphatic rings. The van der Waals surface area contributed by atoms with Gasteiger partial charge in [-0.15, -0.1) is 5.10 Å². The quantitative estimate of drug-likeness (QED) is 0.732. The standard InChI is InChI=1S/C15H18N8O/c16-13-18-14(22-7-6-21-5-1-3-10(21)9-22)19-15-17-12(20-23(13)15)11-4-2-8-24-11/h2,4,8,10H,1,3,5-7,9H2,(H2,16,17,18,19,20)/t10-/m0/s1. The molecule has 0 amide bonds. The first-order chi connectivity index (χ1) is 11.8. The molecule has 0 aliphatic carbocycles. The van der Waals surface area contributed by atoms with Gasteiger partial charge in [0.15, 0.2) is 5.76 Å². The van der Waals surface area contributed by atoms with E-state index < -0.39 is 0 Å². The SMILES string of the molecule is Nc1nc(N2CCN3CCC[C@H]3C2)nc2nc(-c3ccco3)nn12. The largest absolute Gasteiger partial charge is 0.461 e. The van der Waals surface area contributed by atoms with Gasteiger partial charge in [0.2, 0.25) is 17.7 Å². The van der Waals surface area contributed by atoms with Gasteiger partial charge in [0.25, 0.3) is 5.78 Å². The van der Waals surface area contributed by atoms with Crippen molar-refractivity contribution in [3.63, 3.8) is 0 Å². The molecule has 2 saturated heterocycles. The van der Waals surface area contributed by atoms with Crippen LogP contribution in [0.5, 0.6) is 0 Å². The van der Waals surface area contributed by atoms with E-state index in [0.717, 1.165) is 19.6 Å². The van der Waals surface area contributed by atoms with Crippen LogP contribution >= 0.6 is 0 Å². The van der Waals surface area contributed by atoms with Gasteiger partial charge in [0.05, 0.1) is 6.26 Å². The summed E-state index contributed by atoms with van der Waals surface area (Å²) in [6.45, 7) is 4.10. The first-order valence-corrected chi connectivity index (χ1v) is 8.21. The van der Waals surface area contributed by atoms with Gasteiger partial charge in [0, 0.05) is 25.7 Å². The van der Waals surface area contributed by atoms with Crippen molar-refractivity contribution in [2.24, 2.45) is 0 Å². The number of anilines is 2. The molecule has 9 heteroatoms. The zero-order valence-corrected chi connectivity index (χ0v) is 13.2. The molecule has 1 atom stereocenters. The maximum atomic E-state index is 6.08. The molecular formula is C15H18N8O. The third kappa shape index (κ3) is 2.12. The smallest absolute Gasteiger partial charge is 0.259 e. The number of nitrogens with zero attached hydrogens (tertiary/aromatic N) is 7. The minimum absolute atomic E-state index is 0.286. The van der Waals surface area contributed by atoms with Gasteiger partial charge in [0.1, 0.15) is 0 Å². The second kappa shape index (κ2) is 5.17. The average Bonchev–Trinajstić information content (AvgIpc) is 3.32. The van der Waals surface area contributed by atoms with E-state index in [1.54, 1.807) is 18.4 Å². The lowest BCUT2D eigenvalue weighted by Gasteiger charge is -2.37. The van der Waals surface area contributed by atoms with Crippen molar-refractivity contribution in [3.8, 4) is 11.6 Å². The molecule has 124 valence electrons. The minimum Gasteiger partial charge on any atom is -0.461 e. The Morgan fingerprint density at radius 2 is 2.12 bits per heavy atom. The topological polar surface area (TPSA) is 102 Å². The number of hydrogen-bond donors (Lipinski definition) is 1. The predicted molar refractivity (Wildman–Crippen MR) is 87.5 cm³/mol. The van der Waals surface area contributed by atoms with E-state index >= 15 is 0 Å². The van der Waals surface area contributed by atoms with Gasteiger partial charge in [-0.25, -0.2) is 0 Å². The van der Waals surface area contributed by atoms with Crippen LogP contribution in [0.1, 0.15) is 12.8 Å². The molecule has 5 heterocycles. The number of hydrogen-bond acceptors (Lipinski definition) is 8. The highest BCUT2D eigenvalue weighted by Gasteiger charge is 2.32. The second-order valence-corrected chi connectivity index (χ2v) is 6.28. The maximum Gasteiger partial charge on any atom is 0.259 e. The van der Waals surface area contributed by atoms with Gasteiger partial charge in [-0.2, -0.15) is 19.5 Å². The van der Waals surface area contributed by atoms with Gasteiger partial charge >= 0.3 is 0 Å². The molecule has 0 aromatic carbocycles. The molecule has 2 fully saturated rings. The zero-order valence-electron chi connectivity index (χ0n) is 13.2. The Morgan fingerprint density at radius 3 is 3.00 bits per heavy atom. The number of piperazine rings is 1. The number of aromatic nitrogens is 5. The van der Waals surface area contributed by atoms with Crippen LogP contribution in [0.3, 0.4) is 0 Å². The van der Waals surface area contributed by atoms with Crippen molar-refractivity contribution >= 4 is 17.7 Å².